The first kappa shape index (κ1) is 34.3. The molecule has 0 saturated carbocycles. The molecule has 2 aliphatic heterocycles. The quantitative estimate of drug-likeness (QED) is 0.196. The second-order valence-corrected chi connectivity index (χ2v) is 12.8. The fourth-order valence-corrected chi connectivity index (χ4v) is 6.80. The lowest BCUT2D eigenvalue weighted by Crippen LogP contribution is -2.66. The number of hydrazine groups is 1. The summed E-state index contributed by atoms with van der Waals surface area (Å²) in [7, 11) is 0. The third-order valence-electron chi connectivity index (χ3n) is 8.79. The number of halogens is 2. The van der Waals surface area contributed by atoms with E-state index in [0.29, 0.717) is 22.3 Å². The Kier molecular flexibility index (Phi) is 10.7. The van der Waals surface area contributed by atoms with Crippen molar-refractivity contribution >= 4 is 51.8 Å². The number of piperazine rings is 1. The average molecular weight is 703 g/mol. The largest absolute Gasteiger partial charge is 0.491 e. The molecule has 2 aliphatic rings. The molecule has 10 nitrogen and oxygen atoms in total. The third-order valence-corrected chi connectivity index (χ3v) is 9.53. The normalized spacial score (nSPS) is 17.7. The summed E-state index contributed by atoms with van der Waals surface area (Å²) in [5.41, 5.74) is 2.59. The first-order valence-corrected chi connectivity index (χ1v) is 16.8. The van der Waals surface area contributed by atoms with Crippen molar-refractivity contribution in [3.63, 3.8) is 0 Å². The van der Waals surface area contributed by atoms with Gasteiger partial charge in [-0.25, -0.2) is 4.79 Å². The van der Waals surface area contributed by atoms with Crippen molar-refractivity contribution in [1.29, 1.82) is 0 Å². The Morgan fingerprint density at radius 1 is 1.00 bits per heavy atom. The second kappa shape index (κ2) is 15.3. The summed E-state index contributed by atoms with van der Waals surface area (Å²) < 4.78 is 5.51. The number of aliphatic hydroxyl groups is 1. The number of nitrogens with one attached hydrogen (secondary N) is 1. The van der Waals surface area contributed by atoms with Crippen LogP contribution in [0.1, 0.15) is 16.7 Å². The molecular weight excluding hydrogens is 665 g/mol. The van der Waals surface area contributed by atoms with Gasteiger partial charge in [-0.3, -0.25) is 14.6 Å². The van der Waals surface area contributed by atoms with Crippen molar-refractivity contribution in [3.05, 3.63) is 124 Å². The molecule has 0 aromatic heterocycles. The van der Waals surface area contributed by atoms with Crippen LogP contribution in [0.3, 0.4) is 0 Å². The number of aliphatic hydroxyl groups excluding tert-OH is 1. The van der Waals surface area contributed by atoms with Gasteiger partial charge < -0.3 is 25.0 Å². The Morgan fingerprint density at radius 2 is 1.76 bits per heavy atom. The molecule has 0 unspecified atom stereocenters. The summed E-state index contributed by atoms with van der Waals surface area (Å²) in [5.74, 6) is 0.181. The van der Waals surface area contributed by atoms with Gasteiger partial charge in [0.1, 0.15) is 24.6 Å². The number of rotatable bonds is 12. The van der Waals surface area contributed by atoms with Crippen molar-refractivity contribution in [2.24, 2.45) is 0 Å². The zero-order valence-corrected chi connectivity index (χ0v) is 28.3. The smallest absolute Gasteiger partial charge is 0.332 e. The van der Waals surface area contributed by atoms with Crippen LogP contribution in [0.25, 0.3) is 10.8 Å². The summed E-state index contributed by atoms with van der Waals surface area (Å²) in [6.45, 7) is 4.71. The SMILES string of the molecule is C=CCN(C(=O)NCc1ccc(Cl)c(Cl)c1)N1CC(=O)N2[C@@H](Cc3ccc(OCCO)cc3)C(=O)N(Cc3cccc4ccccc34)C[C@@H]21. The molecule has 0 bridgehead atoms. The predicted molar refractivity (Wildman–Crippen MR) is 189 cm³/mol. The summed E-state index contributed by atoms with van der Waals surface area (Å²) in [5, 5.41) is 18.2. The van der Waals surface area contributed by atoms with E-state index in [4.69, 9.17) is 33.0 Å². The van der Waals surface area contributed by atoms with Gasteiger partial charge in [0.05, 0.1) is 36.3 Å². The van der Waals surface area contributed by atoms with E-state index < -0.39 is 18.2 Å². The molecule has 0 aliphatic carbocycles. The van der Waals surface area contributed by atoms with Crippen LogP contribution in [0.4, 0.5) is 4.79 Å². The number of carbonyl (C=O) groups is 3. The molecule has 0 radical (unpaired) electrons. The molecule has 4 aromatic carbocycles. The van der Waals surface area contributed by atoms with Crippen molar-refractivity contribution in [2.75, 3.05) is 32.8 Å². The Bertz CT molecular complexity index is 1850. The van der Waals surface area contributed by atoms with E-state index in [-0.39, 0.29) is 57.6 Å². The average Bonchev–Trinajstić information content (AvgIpc) is 3.43. The number of benzene rings is 4. The minimum absolute atomic E-state index is 0.0848. The standard InChI is InChI=1S/C37H37Cl2N5O5/c1-2-16-42(37(48)40-21-26-12-15-31(38)32(39)19-26)43-24-35(46)44-33(20-25-10-13-29(14-11-25)49-18-17-45)36(47)41(23-34(43)44)22-28-8-5-7-27-6-3-4-9-30(27)28/h2-15,19,33-34,45H,1,16-18,20-24H2,(H,40,48)/t33-,34+/m0/s1. The number of hydrogen-bond donors (Lipinski definition) is 2. The molecule has 4 aromatic rings. The molecule has 0 spiro atoms. The molecule has 6 rings (SSSR count). The molecule has 2 saturated heterocycles. The van der Waals surface area contributed by atoms with Crippen LogP contribution in [0.15, 0.2) is 97.6 Å². The molecule has 2 heterocycles. The highest BCUT2D eigenvalue weighted by Crippen LogP contribution is 2.32. The molecule has 4 amide bonds. The van der Waals surface area contributed by atoms with E-state index in [0.717, 1.165) is 27.5 Å². The van der Waals surface area contributed by atoms with E-state index >= 15 is 0 Å². The zero-order valence-electron chi connectivity index (χ0n) is 26.8. The summed E-state index contributed by atoms with van der Waals surface area (Å²) in [6, 6.07) is 25.3. The summed E-state index contributed by atoms with van der Waals surface area (Å²) in [6.07, 6.45) is 1.27. The van der Waals surface area contributed by atoms with Gasteiger partial charge in [-0.15, -0.1) is 6.58 Å². The maximum absolute atomic E-state index is 14.3. The van der Waals surface area contributed by atoms with Gasteiger partial charge in [0.2, 0.25) is 11.8 Å². The lowest BCUT2D eigenvalue weighted by molar-refractivity contribution is -0.157. The highest BCUT2D eigenvalue weighted by molar-refractivity contribution is 6.42. The van der Waals surface area contributed by atoms with Crippen LogP contribution in [0.5, 0.6) is 5.75 Å². The van der Waals surface area contributed by atoms with E-state index in [1.54, 1.807) is 51.2 Å². The lowest BCUT2D eigenvalue weighted by atomic mass is 9.99. The van der Waals surface area contributed by atoms with Crippen LogP contribution in [-0.4, -0.2) is 87.8 Å². The monoisotopic (exact) mass is 701 g/mol. The lowest BCUT2D eigenvalue weighted by Gasteiger charge is -2.46. The van der Waals surface area contributed by atoms with E-state index in [1.807, 2.05) is 54.6 Å². The van der Waals surface area contributed by atoms with Crippen LogP contribution < -0.4 is 10.1 Å². The van der Waals surface area contributed by atoms with E-state index in [9.17, 15) is 14.4 Å². The van der Waals surface area contributed by atoms with Gasteiger partial charge in [0.15, 0.2) is 0 Å². The molecule has 49 heavy (non-hydrogen) atoms. The maximum atomic E-state index is 14.3. The number of amides is 4. The molecular formula is C37H37Cl2N5O5. The van der Waals surface area contributed by atoms with Gasteiger partial charge in [0, 0.05) is 19.5 Å². The fraction of sp³-hybridized carbons (Fsp3) is 0.270. The molecule has 12 heteroatoms. The van der Waals surface area contributed by atoms with Gasteiger partial charge in [-0.1, -0.05) is 89.9 Å². The van der Waals surface area contributed by atoms with E-state index in [1.165, 1.54) is 5.01 Å². The van der Waals surface area contributed by atoms with Gasteiger partial charge in [-0.05, 0) is 51.7 Å². The van der Waals surface area contributed by atoms with Gasteiger partial charge in [0.25, 0.3) is 0 Å². The van der Waals surface area contributed by atoms with E-state index in [2.05, 4.69) is 11.9 Å². The Labute approximate surface area is 295 Å². The molecule has 2 fully saturated rings. The Balaban J connectivity index is 1.30. The van der Waals surface area contributed by atoms with Gasteiger partial charge in [-0.2, -0.15) is 5.01 Å². The maximum Gasteiger partial charge on any atom is 0.332 e. The number of hydrogen-bond acceptors (Lipinski definition) is 6. The zero-order chi connectivity index (χ0) is 34.5. The van der Waals surface area contributed by atoms with Crippen LogP contribution in [-0.2, 0) is 29.1 Å². The van der Waals surface area contributed by atoms with Crippen molar-refractivity contribution in [3.8, 4) is 5.75 Å². The number of nitrogens with zero attached hydrogens (tertiary/aromatic N) is 4. The number of ether oxygens (including phenoxy) is 1. The topological polar surface area (TPSA) is 106 Å². The fourth-order valence-electron chi connectivity index (χ4n) is 6.48. The summed E-state index contributed by atoms with van der Waals surface area (Å²) >= 11 is 12.3. The number of urea groups is 1. The van der Waals surface area contributed by atoms with Crippen molar-refractivity contribution < 1.29 is 24.2 Å². The Morgan fingerprint density at radius 3 is 2.51 bits per heavy atom. The molecule has 2 N–H and O–H groups in total. The highest BCUT2D eigenvalue weighted by atomic mass is 35.5. The van der Waals surface area contributed by atoms with Crippen molar-refractivity contribution in [2.45, 2.75) is 31.7 Å². The Hall–Kier alpha value is -4.61. The van der Waals surface area contributed by atoms with Crippen LogP contribution in [0.2, 0.25) is 10.0 Å². The third kappa shape index (κ3) is 7.52. The van der Waals surface area contributed by atoms with Gasteiger partial charge >= 0.3 is 6.03 Å². The first-order chi connectivity index (χ1) is 23.8. The first-order valence-electron chi connectivity index (χ1n) is 16.0. The predicted octanol–water partition coefficient (Wildman–Crippen LogP) is 5.25. The minimum Gasteiger partial charge on any atom is -0.491 e. The highest BCUT2D eigenvalue weighted by Gasteiger charge is 2.52. The summed E-state index contributed by atoms with van der Waals surface area (Å²) in [4.78, 5) is 45.3. The second-order valence-electron chi connectivity index (χ2n) is 12.0. The molecule has 2 atom stereocenters. The van der Waals surface area contributed by atoms with Crippen molar-refractivity contribution in [1.82, 2.24) is 25.1 Å². The molecule has 254 valence electrons. The van der Waals surface area contributed by atoms with Crippen LogP contribution in [0, 0.1) is 0 Å². The van der Waals surface area contributed by atoms with Crippen LogP contribution >= 0.6 is 23.2 Å². The number of fused-ring (bicyclic) bond motifs is 2. The number of carbonyl (C=O) groups excluding carboxylic acids is 3. The minimum atomic E-state index is -0.805.